The van der Waals surface area contributed by atoms with E-state index in [2.05, 4.69) is 0 Å². The molecule has 18 heavy (non-hydrogen) atoms. The molecule has 1 aliphatic rings. The van der Waals surface area contributed by atoms with E-state index in [0.29, 0.717) is 12.3 Å². The molecule has 0 aromatic heterocycles. The Morgan fingerprint density at radius 3 is 2.89 bits per heavy atom. The molecule has 96 valence electrons. The van der Waals surface area contributed by atoms with Gasteiger partial charge in [-0.1, -0.05) is 6.07 Å². The second kappa shape index (κ2) is 5.39. The lowest BCUT2D eigenvalue weighted by molar-refractivity contribution is -0.138. The summed E-state index contributed by atoms with van der Waals surface area (Å²) in [7, 11) is 0. The van der Waals surface area contributed by atoms with Gasteiger partial charge in [0.15, 0.2) is 0 Å². The Labute approximate surface area is 108 Å². The van der Waals surface area contributed by atoms with Crippen molar-refractivity contribution < 1.29 is 19.1 Å². The molecule has 0 radical (unpaired) electrons. The lowest BCUT2D eigenvalue weighted by Crippen LogP contribution is -2.36. The van der Waals surface area contributed by atoms with E-state index in [1.807, 2.05) is 0 Å². The smallest absolute Gasteiger partial charge is 0.303 e. The highest BCUT2D eigenvalue weighted by Gasteiger charge is 2.25. The van der Waals surface area contributed by atoms with E-state index in [4.69, 9.17) is 5.11 Å². The second-order valence-electron chi connectivity index (χ2n) is 3.87. The number of amides is 1. The summed E-state index contributed by atoms with van der Waals surface area (Å²) in [6.45, 7) is 0.414. The van der Waals surface area contributed by atoms with Crippen LogP contribution in [-0.4, -0.2) is 29.3 Å². The van der Waals surface area contributed by atoms with Crippen LogP contribution in [0.5, 0.6) is 0 Å². The molecule has 1 aromatic rings. The van der Waals surface area contributed by atoms with Gasteiger partial charge in [-0.25, -0.2) is 4.39 Å². The van der Waals surface area contributed by atoms with Gasteiger partial charge in [-0.05, 0) is 12.1 Å². The first kappa shape index (κ1) is 12.9. The third kappa shape index (κ3) is 2.64. The summed E-state index contributed by atoms with van der Waals surface area (Å²) >= 11 is 1.50. The summed E-state index contributed by atoms with van der Waals surface area (Å²) in [6.07, 6.45) is -0.333. The molecule has 0 atom stereocenters. The molecule has 1 aromatic carbocycles. The van der Waals surface area contributed by atoms with Crippen molar-refractivity contribution in [2.75, 3.05) is 17.2 Å². The van der Waals surface area contributed by atoms with Crippen molar-refractivity contribution in [1.29, 1.82) is 0 Å². The van der Waals surface area contributed by atoms with Crippen LogP contribution in [0.25, 0.3) is 0 Å². The Balaban J connectivity index is 2.21. The summed E-state index contributed by atoms with van der Waals surface area (Å²) in [5.74, 6) is -1.12. The number of carbonyl (C=O) groups is 2. The van der Waals surface area contributed by atoms with Crippen molar-refractivity contribution in [2.45, 2.75) is 17.7 Å². The van der Waals surface area contributed by atoms with Gasteiger partial charge >= 0.3 is 5.97 Å². The molecule has 0 saturated heterocycles. The van der Waals surface area contributed by atoms with Crippen molar-refractivity contribution in [3.63, 3.8) is 0 Å². The molecule has 1 N–H and O–H groups in total. The van der Waals surface area contributed by atoms with E-state index < -0.39 is 11.8 Å². The highest BCUT2D eigenvalue weighted by Crippen LogP contribution is 2.36. The zero-order valence-electron chi connectivity index (χ0n) is 9.56. The number of nitrogens with zero attached hydrogens (tertiary/aromatic N) is 1. The van der Waals surface area contributed by atoms with E-state index in [1.54, 1.807) is 12.1 Å². The summed E-state index contributed by atoms with van der Waals surface area (Å²) in [5, 5.41) is 8.56. The second-order valence-corrected chi connectivity index (χ2v) is 5.01. The van der Waals surface area contributed by atoms with Crippen LogP contribution in [0.3, 0.4) is 0 Å². The normalized spacial score (nSPS) is 14.2. The summed E-state index contributed by atoms with van der Waals surface area (Å²) in [6, 6.07) is 4.67. The molecule has 4 nitrogen and oxygen atoms in total. The van der Waals surface area contributed by atoms with Gasteiger partial charge in [-0.15, -0.1) is 11.8 Å². The van der Waals surface area contributed by atoms with Crippen LogP contribution < -0.4 is 4.90 Å². The lowest BCUT2D eigenvalue weighted by atomic mass is 10.2. The predicted octanol–water partition coefficient (Wildman–Crippen LogP) is 2.13. The predicted molar refractivity (Wildman–Crippen MR) is 66.3 cm³/mol. The minimum atomic E-state index is -1.02. The molecule has 6 heteroatoms. The van der Waals surface area contributed by atoms with Crippen molar-refractivity contribution in [3.8, 4) is 0 Å². The highest BCUT2D eigenvalue weighted by atomic mass is 32.2. The van der Waals surface area contributed by atoms with Crippen LogP contribution in [0, 0.1) is 5.82 Å². The monoisotopic (exact) mass is 269 g/mol. The van der Waals surface area contributed by atoms with Crippen molar-refractivity contribution in [1.82, 2.24) is 0 Å². The third-order valence-corrected chi connectivity index (χ3v) is 3.67. The van der Waals surface area contributed by atoms with Crippen molar-refractivity contribution >= 4 is 29.3 Å². The van der Waals surface area contributed by atoms with Crippen LogP contribution >= 0.6 is 11.8 Å². The number of benzene rings is 1. The first-order valence-electron chi connectivity index (χ1n) is 5.53. The van der Waals surface area contributed by atoms with Crippen LogP contribution in [0.2, 0.25) is 0 Å². The number of hydrogen-bond acceptors (Lipinski definition) is 3. The molecule has 2 rings (SSSR count). The Morgan fingerprint density at radius 2 is 2.17 bits per heavy atom. The Hall–Kier alpha value is -1.56. The van der Waals surface area contributed by atoms with Crippen LogP contribution in [0.4, 0.5) is 10.1 Å². The highest BCUT2D eigenvalue weighted by molar-refractivity contribution is 7.99. The summed E-state index contributed by atoms with van der Waals surface area (Å²) in [4.78, 5) is 24.4. The maximum atomic E-state index is 13.8. The minimum absolute atomic E-state index is 0.103. The number of halogens is 1. The Morgan fingerprint density at radius 1 is 1.39 bits per heavy atom. The standard InChI is InChI=1S/C12H12FNO3S/c13-8-2-1-3-9-12(8)14(6-7-18-9)10(15)4-5-11(16)17/h1-3H,4-7H2,(H,16,17). The number of carboxylic acids is 1. The molecule has 1 heterocycles. The molecular weight excluding hydrogens is 257 g/mol. The molecule has 1 aliphatic heterocycles. The van der Waals surface area contributed by atoms with Gasteiger partial charge in [0, 0.05) is 23.6 Å². The zero-order chi connectivity index (χ0) is 13.1. The van der Waals surface area contributed by atoms with Crippen LogP contribution in [0.1, 0.15) is 12.8 Å². The third-order valence-electron chi connectivity index (χ3n) is 2.65. The number of carboxylic acid groups (broad SMARTS) is 1. The molecule has 0 bridgehead atoms. The molecular formula is C12H12FNO3S. The van der Waals surface area contributed by atoms with E-state index >= 15 is 0 Å². The largest absolute Gasteiger partial charge is 0.481 e. The zero-order valence-corrected chi connectivity index (χ0v) is 10.4. The van der Waals surface area contributed by atoms with Gasteiger partial charge in [0.1, 0.15) is 5.82 Å². The van der Waals surface area contributed by atoms with Crippen molar-refractivity contribution in [3.05, 3.63) is 24.0 Å². The number of carbonyl (C=O) groups excluding carboxylic acids is 1. The molecule has 1 amide bonds. The minimum Gasteiger partial charge on any atom is -0.481 e. The topological polar surface area (TPSA) is 57.6 Å². The van der Waals surface area contributed by atoms with Gasteiger partial charge in [-0.2, -0.15) is 0 Å². The lowest BCUT2D eigenvalue weighted by Gasteiger charge is -2.29. The molecule has 0 spiro atoms. The van der Waals surface area contributed by atoms with Gasteiger partial charge in [0.25, 0.3) is 0 Å². The van der Waals surface area contributed by atoms with E-state index in [-0.39, 0.29) is 24.4 Å². The van der Waals surface area contributed by atoms with Crippen LogP contribution in [-0.2, 0) is 9.59 Å². The van der Waals surface area contributed by atoms with Crippen LogP contribution in [0.15, 0.2) is 23.1 Å². The summed E-state index contributed by atoms with van der Waals surface area (Å²) < 4.78 is 13.8. The fourth-order valence-corrected chi connectivity index (χ4v) is 2.84. The van der Waals surface area contributed by atoms with E-state index in [0.717, 1.165) is 4.90 Å². The SMILES string of the molecule is O=C(O)CCC(=O)N1CCSc2cccc(F)c21. The molecule has 0 unspecified atom stereocenters. The van der Waals surface area contributed by atoms with Gasteiger partial charge in [-0.3, -0.25) is 9.59 Å². The number of anilines is 1. The van der Waals surface area contributed by atoms with Crippen molar-refractivity contribution in [2.24, 2.45) is 0 Å². The number of rotatable bonds is 3. The Kier molecular flexibility index (Phi) is 3.86. The van der Waals surface area contributed by atoms with Gasteiger partial charge in [0.2, 0.25) is 5.91 Å². The van der Waals surface area contributed by atoms with E-state index in [1.165, 1.54) is 22.7 Å². The quantitative estimate of drug-likeness (QED) is 0.913. The number of para-hydroxylation sites is 1. The molecule has 0 fully saturated rings. The van der Waals surface area contributed by atoms with E-state index in [9.17, 15) is 14.0 Å². The molecule has 0 saturated carbocycles. The molecule has 0 aliphatic carbocycles. The van der Waals surface area contributed by atoms with Gasteiger partial charge < -0.3 is 10.0 Å². The fourth-order valence-electron chi connectivity index (χ4n) is 1.83. The number of aliphatic carboxylic acids is 1. The average molecular weight is 269 g/mol. The maximum Gasteiger partial charge on any atom is 0.303 e. The number of fused-ring (bicyclic) bond motifs is 1. The fraction of sp³-hybridized carbons (Fsp3) is 0.333. The maximum absolute atomic E-state index is 13.8. The average Bonchev–Trinajstić information content (AvgIpc) is 2.35. The first-order chi connectivity index (χ1) is 8.59. The first-order valence-corrected chi connectivity index (χ1v) is 6.51. The van der Waals surface area contributed by atoms with Gasteiger partial charge in [0.05, 0.1) is 12.1 Å². The number of hydrogen-bond donors (Lipinski definition) is 1. The Bertz CT molecular complexity index is 492. The summed E-state index contributed by atoms with van der Waals surface area (Å²) in [5.41, 5.74) is 0.282. The number of thioether (sulfide) groups is 1.